The van der Waals surface area contributed by atoms with Gasteiger partial charge < -0.3 is 14.6 Å². The van der Waals surface area contributed by atoms with Gasteiger partial charge in [-0.15, -0.1) is 11.8 Å². The van der Waals surface area contributed by atoms with Crippen molar-refractivity contribution >= 4 is 45.0 Å². The fraction of sp³-hybridized carbons (Fsp3) is 0.263. The first kappa shape index (κ1) is 21.7. The maximum atomic E-state index is 13.4. The number of nitrogens with zero attached hydrogens (tertiary/aromatic N) is 2. The van der Waals surface area contributed by atoms with Crippen LogP contribution in [0.15, 0.2) is 39.5 Å². The zero-order valence-electron chi connectivity index (χ0n) is 16.0. The first-order valence-corrected chi connectivity index (χ1v) is 12.1. The van der Waals surface area contributed by atoms with E-state index >= 15 is 0 Å². The molecule has 0 fully saturated rings. The standard InChI is InChI=1S/C19H17ClFN3O5S2/c20-12-8-11(3-4-13(12)21)9-24-6-5-23-10-14(17(25)18(26)16(23)19(24)27)22-31(28,29)15-2-1-7-30-15/h2-4,8,10,22,26H,1,5-7,9H2. The Balaban J connectivity index is 1.62. The van der Waals surface area contributed by atoms with E-state index in [4.69, 9.17) is 11.6 Å². The molecule has 12 heteroatoms. The number of benzene rings is 1. The Labute approximate surface area is 186 Å². The van der Waals surface area contributed by atoms with Crippen molar-refractivity contribution in [1.82, 2.24) is 9.47 Å². The first-order chi connectivity index (χ1) is 14.7. The number of carbonyl (C=O) groups excluding carboxylic acids is 1. The first-order valence-electron chi connectivity index (χ1n) is 9.23. The average molecular weight is 486 g/mol. The van der Waals surface area contributed by atoms with E-state index in [1.807, 2.05) is 0 Å². The summed E-state index contributed by atoms with van der Waals surface area (Å²) < 4.78 is 42.0. The van der Waals surface area contributed by atoms with Crippen LogP contribution in [0.5, 0.6) is 5.75 Å². The zero-order chi connectivity index (χ0) is 22.3. The maximum Gasteiger partial charge on any atom is 0.274 e. The number of carbonyl (C=O) groups is 1. The molecule has 3 heterocycles. The summed E-state index contributed by atoms with van der Waals surface area (Å²) in [5, 5.41) is 10.3. The van der Waals surface area contributed by atoms with Crippen molar-refractivity contribution in [2.45, 2.75) is 19.5 Å². The van der Waals surface area contributed by atoms with Crippen LogP contribution in [-0.2, 0) is 23.1 Å². The van der Waals surface area contributed by atoms with Crippen molar-refractivity contribution in [1.29, 1.82) is 0 Å². The molecule has 164 valence electrons. The largest absolute Gasteiger partial charge is 0.502 e. The molecule has 0 atom stereocenters. The summed E-state index contributed by atoms with van der Waals surface area (Å²) in [6.45, 7) is 0.554. The third kappa shape index (κ3) is 4.17. The fourth-order valence-corrected chi connectivity index (χ4v) is 6.13. The van der Waals surface area contributed by atoms with Gasteiger partial charge in [-0.3, -0.25) is 14.3 Å². The van der Waals surface area contributed by atoms with Crippen molar-refractivity contribution in [2.24, 2.45) is 0 Å². The van der Waals surface area contributed by atoms with Crippen LogP contribution in [0.4, 0.5) is 10.1 Å². The molecule has 2 aliphatic heterocycles. The summed E-state index contributed by atoms with van der Waals surface area (Å²) in [5.41, 5.74) is -0.969. The number of nitrogens with one attached hydrogen (secondary N) is 1. The van der Waals surface area contributed by atoms with Gasteiger partial charge in [-0.05, 0) is 24.1 Å². The van der Waals surface area contributed by atoms with Crippen molar-refractivity contribution in [3.05, 3.63) is 67.0 Å². The lowest BCUT2D eigenvalue weighted by Crippen LogP contribution is -2.41. The highest BCUT2D eigenvalue weighted by atomic mass is 35.5. The molecule has 0 unspecified atom stereocenters. The van der Waals surface area contributed by atoms with E-state index in [1.54, 1.807) is 6.08 Å². The predicted octanol–water partition coefficient (Wildman–Crippen LogP) is 2.72. The third-order valence-electron chi connectivity index (χ3n) is 4.90. The van der Waals surface area contributed by atoms with E-state index < -0.39 is 32.9 Å². The molecule has 1 aromatic carbocycles. The predicted molar refractivity (Wildman–Crippen MR) is 116 cm³/mol. The molecule has 1 amide bonds. The molecule has 0 saturated carbocycles. The van der Waals surface area contributed by atoms with Crippen molar-refractivity contribution in [2.75, 3.05) is 17.0 Å². The molecule has 0 bridgehead atoms. The summed E-state index contributed by atoms with van der Waals surface area (Å²) in [5.74, 6) is -1.38. The molecule has 0 saturated heterocycles. The van der Waals surface area contributed by atoms with Gasteiger partial charge in [0.2, 0.25) is 5.43 Å². The summed E-state index contributed by atoms with van der Waals surface area (Å²) >= 11 is 6.94. The van der Waals surface area contributed by atoms with Gasteiger partial charge in [-0.1, -0.05) is 23.7 Å². The molecular weight excluding hydrogens is 469 g/mol. The minimum atomic E-state index is -3.94. The van der Waals surface area contributed by atoms with Crippen LogP contribution in [0.3, 0.4) is 0 Å². The zero-order valence-corrected chi connectivity index (χ0v) is 18.4. The highest BCUT2D eigenvalue weighted by molar-refractivity contribution is 8.19. The number of rotatable bonds is 5. The molecule has 31 heavy (non-hydrogen) atoms. The van der Waals surface area contributed by atoms with Gasteiger partial charge in [-0.25, -0.2) is 12.8 Å². The fourth-order valence-electron chi connectivity index (χ4n) is 3.39. The molecule has 0 radical (unpaired) electrons. The van der Waals surface area contributed by atoms with Crippen LogP contribution in [-0.4, -0.2) is 41.2 Å². The summed E-state index contributed by atoms with van der Waals surface area (Å²) in [7, 11) is -3.94. The van der Waals surface area contributed by atoms with Crippen LogP contribution >= 0.6 is 23.4 Å². The van der Waals surface area contributed by atoms with Crippen LogP contribution in [0.25, 0.3) is 0 Å². The summed E-state index contributed by atoms with van der Waals surface area (Å²) in [6.07, 6.45) is 3.39. The number of hydrogen-bond donors (Lipinski definition) is 2. The Morgan fingerprint density at radius 2 is 2.03 bits per heavy atom. The third-order valence-corrected chi connectivity index (χ3v) is 8.27. The number of sulfonamides is 1. The van der Waals surface area contributed by atoms with Gasteiger partial charge in [0.25, 0.3) is 15.9 Å². The lowest BCUT2D eigenvalue weighted by molar-refractivity contribution is 0.0683. The van der Waals surface area contributed by atoms with Crippen LogP contribution < -0.4 is 10.2 Å². The Kier molecular flexibility index (Phi) is 5.75. The topological polar surface area (TPSA) is 109 Å². The molecule has 0 spiro atoms. The van der Waals surface area contributed by atoms with Gasteiger partial charge in [0.05, 0.1) is 5.02 Å². The molecule has 4 rings (SSSR count). The van der Waals surface area contributed by atoms with E-state index in [2.05, 4.69) is 4.72 Å². The van der Waals surface area contributed by atoms with Gasteiger partial charge in [-0.2, -0.15) is 0 Å². The van der Waals surface area contributed by atoms with Gasteiger partial charge >= 0.3 is 0 Å². The highest BCUT2D eigenvalue weighted by Gasteiger charge is 2.31. The number of fused-ring (bicyclic) bond motifs is 1. The van der Waals surface area contributed by atoms with E-state index in [0.29, 0.717) is 17.7 Å². The molecule has 2 aromatic rings. The number of thioether (sulfide) groups is 1. The van der Waals surface area contributed by atoms with Crippen molar-refractivity contribution < 1.29 is 22.7 Å². The number of hydrogen-bond acceptors (Lipinski definition) is 6. The molecule has 1 aromatic heterocycles. The monoisotopic (exact) mass is 485 g/mol. The second-order valence-corrected chi connectivity index (χ2v) is 10.5. The van der Waals surface area contributed by atoms with Gasteiger partial charge in [0.1, 0.15) is 15.7 Å². The number of aromatic nitrogens is 1. The second-order valence-electron chi connectivity index (χ2n) is 7.00. The van der Waals surface area contributed by atoms with Crippen LogP contribution in [0, 0.1) is 5.82 Å². The smallest absolute Gasteiger partial charge is 0.274 e. The minimum absolute atomic E-state index is 0.0751. The number of aromatic hydroxyl groups is 1. The number of halogens is 2. The van der Waals surface area contributed by atoms with E-state index in [1.165, 1.54) is 33.9 Å². The number of allylic oxidation sites excluding steroid dienone is 1. The molecule has 2 N–H and O–H groups in total. The second kappa shape index (κ2) is 8.21. The van der Waals surface area contributed by atoms with Crippen LogP contribution in [0.1, 0.15) is 22.5 Å². The van der Waals surface area contributed by atoms with E-state index in [0.717, 1.165) is 11.8 Å². The van der Waals surface area contributed by atoms with Gasteiger partial charge in [0.15, 0.2) is 11.4 Å². The lowest BCUT2D eigenvalue weighted by Gasteiger charge is -2.30. The quantitative estimate of drug-likeness (QED) is 0.674. The van der Waals surface area contributed by atoms with Crippen molar-refractivity contribution in [3.63, 3.8) is 0 Å². The summed E-state index contributed by atoms with van der Waals surface area (Å²) in [4.78, 5) is 26.9. The SMILES string of the molecule is O=C1c2c(O)c(=O)c(NS(=O)(=O)C3=CCCS3)cn2CCN1Cc1ccc(F)c(Cl)c1. The Morgan fingerprint density at radius 1 is 1.26 bits per heavy atom. The molecule has 0 aliphatic carbocycles. The average Bonchev–Trinajstić information content (AvgIpc) is 3.26. The Morgan fingerprint density at radius 3 is 2.71 bits per heavy atom. The highest BCUT2D eigenvalue weighted by Crippen LogP contribution is 2.31. The Bertz CT molecular complexity index is 1280. The minimum Gasteiger partial charge on any atom is -0.502 e. The van der Waals surface area contributed by atoms with E-state index in [9.17, 15) is 27.5 Å². The summed E-state index contributed by atoms with van der Waals surface area (Å²) in [6, 6.07) is 4.08. The van der Waals surface area contributed by atoms with Crippen molar-refractivity contribution in [3.8, 4) is 5.75 Å². The molecule has 2 aliphatic rings. The van der Waals surface area contributed by atoms with Gasteiger partial charge in [0, 0.05) is 31.6 Å². The maximum absolute atomic E-state index is 13.4. The number of amides is 1. The van der Waals surface area contributed by atoms with Crippen LogP contribution in [0.2, 0.25) is 5.02 Å². The number of pyridine rings is 1. The Hall–Kier alpha value is -2.50. The lowest BCUT2D eigenvalue weighted by atomic mass is 10.1. The molecular formula is C19H17ClFN3O5S2. The normalized spacial score (nSPS) is 16.3. The number of anilines is 1. The van der Waals surface area contributed by atoms with E-state index in [-0.39, 0.29) is 40.3 Å². The molecule has 8 nitrogen and oxygen atoms in total.